The molecule has 0 fully saturated rings. The second-order valence-corrected chi connectivity index (χ2v) is 6.56. The molecule has 1 aromatic carbocycles. The summed E-state index contributed by atoms with van der Waals surface area (Å²) in [7, 11) is 0. The molecular formula is C16H21ClN4OS. The number of aromatic nitrogens is 3. The Labute approximate surface area is 146 Å². The van der Waals surface area contributed by atoms with Gasteiger partial charge >= 0.3 is 0 Å². The van der Waals surface area contributed by atoms with Gasteiger partial charge in [0.05, 0.1) is 16.6 Å². The lowest BCUT2D eigenvalue weighted by Gasteiger charge is -2.20. The van der Waals surface area contributed by atoms with E-state index in [2.05, 4.69) is 29.4 Å². The average Bonchev–Trinajstić information content (AvgIpc) is 2.87. The molecule has 0 aliphatic heterocycles. The molecule has 23 heavy (non-hydrogen) atoms. The van der Waals surface area contributed by atoms with Crippen molar-refractivity contribution >= 4 is 29.7 Å². The molecule has 2 N–H and O–H groups in total. The standard InChI is InChI=1S/C16H21ClN4OS/c1-4-21-14(19-20-16(21)23)13(9-10(2)3)18-15(22)11-7-5-6-8-12(11)17/h5-8,10,13H,4,9H2,1-3H3,(H,18,22)(H,20,23). The topological polar surface area (TPSA) is 62.7 Å². The molecule has 1 amide bonds. The van der Waals surface area contributed by atoms with Crippen LogP contribution in [0.5, 0.6) is 0 Å². The molecule has 5 nitrogen and oxygen atoms in total. The summed E-state index contributed by atoms with van der Waals surface area (Å²) in [6.45, 7) is 6.90. The van der Waals surface area contributed by atoms with E-state index in [1.807, 2.05) is 11.5 Å². The predicted molar refractivity (Wildman–Crippen MR) is 94.2 cm³/mol. The summed E-state index contributed by atoms with van der Waals surface area (Å²) in [5.41, 5.74) is 0.458. The number of carbonyl (C=O) groups excluding carboxylic acids is 1. The Morgan fingerprint density at radius 2 is 2.13 bits per heavy atom. The molecule has 1 aromatic heterocycles. The molecule has 0 bridgehead atoms. The van der Waals surface area contributed by atoms with Gasteiger partial charge in [-0.25, -0.2) is 0 Å². The number of hydrogen-bond donors (Lipinski definition) is 2. The molecule has 0 aliphatic carbocycles. The smallest absolute Gasteiger partial charge is 0.253 e. The van der Waals surface area contributed by atoms with Crippen molar-refractivity contribution in [1.29, 1.82) is 0 Å². The van der Waals surface area contributed by atoms with Gasteiger partial charge in [-0.1, -0.05) is 37.6 Å². The van der Waals surface area contributed by atoms with Crippen molar-refractivity contribution in [2.75, 3.05) is 0 Å². The molecule has 0 spiro atoms. The van der Waals surface area contributed by atoms with E-state index in [9.17, 15) is 4.79 Å². The van der Waals surface area contributed by atoms with Gasteiger partial charge in [0.2, 0.25) is 0 Å². The molecule has 0 aliphatic rings. The Kier molecular flexibility index (Phi) is 5.96. The van der Waals surface area contributed by atoms with E-state index in [0.29, 0.717) is 27.8 Å². The Hall–Kier alpha value is -1.66. The first kappa shape index (κ1) is 17.7. The van der Waals surface area contributed by atoms with E-state index in [1.165, 1.54) is 0 Å². The molecular weight excluding hydrogens is 332 g/mol. The lowest BCUT2D eigenvalue weighted by atomic mass is 10.0. The number of carbonyl (C=O) groups is 1. The van der Waals surface area contributed by atoms with Crippen LogP contribution in [0.4, 0.5) is 0 Å². The van der Waals surface area contributed by atoms with Crippen LogP contribution in [0.3, 0.4) is 0 Å². The van der Waals surface area contributed by atoms with Crippen LogP contribution in [0.1, 0.15) is 49.4 Å². The van der Waals surface area contributed by atoms with Crippen LogP contribution in [0, 0.1) is 10.7 Å². The summed E-state index contributed by atoms with van der Waals surface area (Å²) in [5, 5.41) is 10.6. The highest BCUT2D eigenvalue weighted by atomic mass is 35.5. The molecule has 1 heterocycles. The maximum atomic E-state index is 12.6. The number of H-pyrrole nitrogens is 1. The van der Waals surface area contributed by atoms with Gasteiger partial charge in [-0.05, 0) is 43.6 Å². The number of rotatable bonds is 6. The van der Waals surface area contributed by atoms with E-state index in [4.69, 9.17) is 23.8 Å². The van der Waals surface area contributed by atoms with Crippen LogP contribution in [0.15, 0.2) is 24.3 Å². The summed E-state index contributed by atoms with van der Waals surface area (Å²) >= 11 is 11.4. The average molecular weight is 353 g/mol. The number of benzene rings is 1. The molecule has 2 aromatic rings. The second kappa shape index (κ2) is 7.75. The summed E-state index contributed by atoms with van der Waals surface area (Å²) in [6.07, 6.45) is 0.760. The van der Waals surface area contributed by atoms with Crippen LogP contribution in [-0.4, -0.2) is 20.7 Å². The van der Waals surface area contributed by atoms with Crippen LogP contribution < -0.4 is 5.32 Å². The van der Waals surface area contributed by atoms with Gasteiger partial charge in [-0.15, -0.1) is 0 Å². The minimum atomic E-state index is -0.230. The van der Waals surface area contributed by atoms with Gasteiger partial charge in [-0.2, -0.15) is 5.10 Å². The minimum Gasteiger partial charge on any atom is -0.342 e. The van der Waals surface area contributed by atoms with Crippen LogP contribution in [0.2, 0.25) is 5.02 Å². The first-order valence-electron chi connectivity index (χ1n) is 7.64. The number of aromatic amines is 1. The third kappa shape index (κ3) is 4.20. The number of nitrogens with zero attached hydrogens (tertiary/aromatic N) is 2. The van der Waals surface area contributed by atoms with Crippen molar-refractivity contribution in [1.82, 2.24) is 20.1 Å². The van der Waals surface area contributed by atoms with Crippen molar-refractivity contribution in [2.24, 2.45) is 5.92 Å². The van der Waals surface area contributed by atoms with E-state index >= 15 is 0 Å². The second-order valence-electron chi connectivity index (χ2n) is 5.77. The summed E-state index contributed by atoms with van der Waals surface area (Å²) in [4.78, 5) is 12.6. The van der Waals surface area contributed by atoms with Crippen LogP contribution in [0.25, 0.3) is 0 Å². The van der Waals surface area contributed by atoms with Gasteiger partial charge in [0, 0.05) is 6.54 Å². The fourth-order valence-electron chi connectivity index (χ4n) is 2.48. The summed E-state index contributed by atoms with van der Waals surface area (Å²) in [5.74, 6) is 0.923. The van der Waals surface area contributed by atoms with E-state index < -0.39 is 0 Å². The first-order valence-corrected chi connectivity index (χ1v) is 8.43. The van der Waals surface area contributed by atoms with E-state index in [-0.39, 0.29) is 11.9 Å². The number of halogens is 1. The fourth-order valence-corrected chi connectivity index (χ4v) is 2.97. The number of nitrogens with one attached hydrogen (secondary N) is 2. The van der Waals surface area contributed by atoms with Gasteiger partial charge < -0.3 is 9.88 Å². The minimum absolute atomic E-state index is 0.210. The molecule has 7 heteroatoms. The Morgan fingerprint density at radius 1 is 1.43 bits per heavy atom. The normalized spacial score (nSPS) is 12.4. The third-order valence-electron chi connectivity index (χ3n) is 3.55. The highest BCUT2D eigenvalue weighted by molar-refractivity contribution is 7.71. The van der Waals surface area contributed by atoms with Crippen molar-refractivity contribution < 1.29 is 4.79 Å². The maximum absolute atomic E-state index is 12.6. The molecule has 1 atom stereocenters. The third-order valence-corrected chi connectivity index (χ3v) is 4.19. The van der Waals surface area contributed by atoms with Gasteiger partial charge in [-0.3, -0.25) is 9.89 Å². The lowest BCUT2D eigenvalue weighted by molar-refractivity contribution is 0.0929. The zero-order valence-corrected chi connectivity index (χ0v) is 15.0. The number of hydrogen-bond acceptors (Lipinski definition) is 3. The molecule has 0 saturated carbocycles. The molecule has 1 unspecified atom stereocenters. The predicted octanol–water partition coefficient (Wildman–Crippen LogP) is 4.13. The van der Waals surface area contributed by atoms with Crippen molar-refractivity contribution in [2.45, 2.75) is 39.8 Å². The molecule has 0 radical (unpaired) electrons. The Bertz CT molecular complexity index is 738. The quantitative estimate of drug-likeness (QED) is 0.768. The highest BCUT2D eigenvalue weighted by Crippen LogP contribution is 2.22. The first-order chi connectivity index (χ1) is 10.9. The monoisotopic (exact) mass is 352 g/mol. The molecule has 0 saturated heterocycles. The number of amides is 1. The van der Waals surface area contributed by atoms with Crippen LogP contribution >= 0.6 is 23.8 Å². The van der Waals surface area contributed by atoms with Crippen LogP contribution in [-0.2, 0) is 6.54 Å². The SMILES string of the molecule is CCn1c(C(CC(C)C)NC(=O)c2ccccc2Cl)n[nH]c1=S. The summed E-state index contributed by atoms with van der Waals surface area (Å²) in [6, 6.07) is 6.77. The lowest BCUT2D eigenvalue weighted by Crippen LogP contribution is -2.31. The summed E-state index contributed by atoms with van der Waals surface area (Å²) < 4.78 is 2.46. The Balaban J connectivity index is 2.31. The highest BCUT2D eigenvalue weighted by Gasteiger charge is 2.23. The zero-order chi connectivity index (χ0) is 17.0. The molecule has 124 valence electrons. The maximum Gasteiger partial charge on any atom is 0.253 e. The molecule has 2 rings (SSSR count). The van der Waals surface area contributed by atoms with Crippen molar-refractivity contribution in [3.63, 3.8) is 0 Å². The van der Waals surface area contributed by atoms with E-state index in [0.717, 1.165) is 12.2 Å². The van der Waals surface area contributed by atoms with Gasteiger partial charge in [0.15, 0.2) is 10.6 Å². The van der Waals surface area contributed by atoms with E-state index in [1.54, 1.807) is 24.3 Å². The van der Waals surface area contributed by atoms with Gasteiger partial charge in [0.1, 0.15) is 0 Å². The van der Waals surface area contributed by atoms with Gasteiger partial charge in [0.25, 0.3) is 5.91 Å². The van der Waals surface area contributed by atoms with Crippen molar-refractivity contribution in [3.8, 4) is 0 Å². The largest absolute Gasteiger partial charge is 0.342 e. The Morgan fingerprint density at radius 3 is 2.74 bits per heavy atom. The fraction of sp³-hybridized carbons (Fsp3) is 0.438. The van der Waals surface area contributed by atoms with Crippen molar-refractivity contribution in [3.05, 3.63) is 45.4 Å². The zero-order valence-electron chi connectivity index (χ0n) is 13.5.